The third kappa shape index (κ3) is 3.52. The van der Waals surface area contributed by atoms with E-state index in [4.69, 9.17) is 11.6 Å². The van der Waals surface area contributed by atoms with Crippen LogP contribution in [0, 0.1) is 11.6 Å². The average molecular weight is 282 g/mol. The molecule has 0 saturated heterocycles. The first-order chi connectivity index (χ1) is 9.08. The lowest BCUT2D eigenvalue weighted by atomic mass is 10.1. The summed E-state index contributed by atoms with van der Waals surface area (Å²) < 4.78 is 26.3. The summed E-state index contributed by atoms with van der Waals surface area (Å²) in [5.41, 5.74) is 1.38. The second-order valence-electron chi connectivity index (χ2n) is 4.36. The molecule has 0 aliphatic heterocycles. The van der Waals surface area contributed by atoms with E-state index in [0.717, 1.165) is 11.6 Å². The van der Waals surface area contributed by atoms with E-state index in [2.05, 4.69) is 5.32 Å². The van der Waals surface area contributed by atoms with Crippen molar-refractivity contribution >= 4 is 11.6 Å². The first-order valence-corrected chi connectivity index (χ1v) is 6.37. The maximum Gasteiger partial charge on any atom is 0.130 e. The Labute approximate surface area is 116 Å². The topological polar surface area (TPSA) is 12.0 Å². The minimum absolute atomic E-state index is 0.0156. The van der Waals surface area contributed by atoms with E-state index in [1.54, 1.807) is 0 Å². The van der Waals surface area contributed by atoms with E-state index in [1.165, 1.54) is 12.1 Å². The summed E-state index contributed by atoms with van der Waals surface area (Å²) in [7, 11) is 0. The number of hydrogen-bond donors (Lipinski definition) is 1. The molecule has 0 bridgehead atoms. The molecule has 1 N–H and O–H groups in total. The van der Waals surface area contributed by atoms with Crippen molar-refractivity contribution in [3.63, 3.8) is 0 Å². The Hall–Kier alpha value is -1.45. The number of hydrogen-bond acceptors (Lipinski definition) is 1. The average Bonchev–Trinajstić information content (AvgIpc) is 2.38. The van der Waals surface area contributed by atoms with Crippen molar-refractivity contribution in [2.45, 2.75) is 19.5 Å². The second-order valence-corrected chi connectivity index (χ2v) is 4.77. The summed E-state index contributed by atoms with van der Waals surface area (Å²) in [6, 6.07) is 11.1. The molecule has 0 amide bonds. The molecule has 100 valence electrons. The van der Waals surface area contributed by atoms with Gasteiger partial charge in [0.15, 0.2) is 0 Å². The van der Waals surface area contributed by atoms with E-state index < -0.39 is 11.6 Å². The van der Waals surface area contributed by atoms with Crippen LogP contribution >= 0.6 is 11.6 Å². The van der Waals surface area contributed by atoms with Crippen molar-refractivity contribution in [1.82, 2.24) is 5.32 Å². The van der Waals surface area contributed by atoms with Gasteiger partial charge in [0.05, 0.1) is 0 Å². The first-order valence-electron chi connectivity index (χ1n) is 5.99. The number of nitrogens with one attached hydrogen (secondary N) is 1. The molecule has 0 saturated carbocycles. The van der Waals surface area contributed by atoms with Crippen LogP contribution in [0.25, 0.3) is 0 Å². The molecular weight excluding hydrogens is 268 g/mol. The van der Waals surface area contributed by atoms with Gasteiger partial charge in [0.25, 0.3) is 0 Å². The van der Waals surface area contributed by atoms with Crippen LogP contribution < -0.4 is 5.32 Å². The van der Waals surface area contributed by atoms with Crippen LogP contribution in [0.1, 0.15) is 24.1 Å². The van der Waals surface area contributed by atoms with Crippen molar-refractivity contribution in [3.8, 4) is 0 Å². The van der Waals surface area contributed by atoms with Gasteiger partial charge in [-0.3, -0.25) is 0 Å². The Morgan fingerprint density at radius 3 is 2.58 bits per heavy atom. The molecule has 19 heavy (non-hydrogen) atoms. The Kier molecular flexibility index (Phi) is 4.51. The predicted octanol–water partition coefficient (Wildman–Crippen LogP) is 4.47. The third-order valence-corrected chi connectivity index (χ3v) is 3.33. The van der Waals surface area contributed by atoms with E-state index >= 15 is 0 Å². The van der Waals surface area contributed by atoms with Crippen LogP contribution in [0.3, 0.4) is 0 Å². The van der Waals surface area contributed by atoms with Crippen LogP contribution in [0.2, 0.25) is 5.02 Å². The maximum atomic E-state index is 13.5. The van der Waals surface area contributed by atoms with E-state index in [1.807, 2.05) is 31.2 Å². The van der Waals surface area contributed by atoms with Gasteiger partial charge in [0.1, 0.15) is 11.6 Å². The SMILES string of the molecule is C[C@H](NCc1ccc(F)cc1F)c1ccccc1Cl. The Balaban J connectivity index is 2.04. The van der Waals surface area contributed by atoms with Crippen molar-refractivity contribution in [1.29, 1.82) is 0 Å². The molecule has 1 nitrogen and oxygen atoms in total. The molecule has 0 spiro atoms. The molecule has 1 atom stereocenters. The van der Waals surface area contributed by atoms with Gasteiger partial charge in [-0.2, -0.15) is 0 Å². The highest BCUT2D eigenvalue weighted by atomic mass is 35.5. The highest BCUT2D eigenvalue weighted by molar-refractivity contribution is 6.31. The highest BCUT2D eigenvalue weighted by Gasteiger charge is 2.10. The largest absolute Gasteiger partial charge is 0.306 e. The first kappa shape index (κ1) is 14.0. The molecule has 0 fully saturated rings. The van der Waals surface area contributed by atoms with E-state index in [9.17, 15) is 8.78 Å². The zero-order chi connectivity index (χ0) is 13.8. The van der Waals surface area contributed by atoms with Gasteiger partial charge in [0, 0.05) is 29.2 Å². The lowest BCUT2D eigenvalue weighted by Gasteiger charge is -2.16. The standard InChI is InChI=1S/C15H14ClF2N/c1-10(13-4-2-3-5-14(13)16)19-9-11-6-7-12(17)8-15(11)18/h2-8,10,19H,9H2,1H3/t10-/m0/s1. The number of rotatable bonds is 4. The van der Waals surface area contributed by atoms with Crippen molar-refractivity contribution in [3.05, 3.63) is 70.2 Å². The molecule has 2 aromatic carbocycles. The lowest BCUT2D eigenvalue weighted by molar-refractivity contribution is 0.534. The van der Waals surface area contributed by atoms with E-state index in [0.29, 0.717) is 17.1 Å². The van der Waals surface area contributed by atoms with Crippen LogP contribution in [0.4, 0.5) is 8.78 Å². The molecule has 0 aliphatic rings. The number of halogens is 3. The zero-order valence-corrected chi connectivity index (χ0v) is 11.2. The fraction of sp³-hybridized carbons (Fsp3) is 0.200. The smallest absolute Gasteiger partial charge is 0.130 e. The zero-order valence-electron chi connectivity index (χ0n) is 10.5. The van der Waals surface area contributed by atoms with Gasteiger partial charge in [-0.05, 0) is 24.6 Å². The third-order valence-electron chi connectivity index (χ3n) is 2.99. The Bertz CT molecular complexity index is 572. The molecule has 2 rings (SSSR count). The molecule has 0 heterocycles. The van der Waals surface area contributed by atoms with Crippen molar-refractivity contribution in [2.24, 2.45) is 0 Å². The van der Waals surface area contributed by atoms with Crippen molar-refractivity contribution < 1.29 is 8.78 Å². The van der Waals surface area contributed by atoms with Gasteiger partial charge in [0.2, 0.25) is 0 Å². The Morgan fingerprint density at radius 1 is 1.16 bits per heavy atom. The quantitative estimate of drug-likeness (QED) is 0.872. The van der Waals surface area contributed by atoms with Crippen LogP contribution in [0.5, 0.6) is 0 Å². The lowest BCUT2D eigenvalue weighted by Crippen LogP contribution is -2.19. The maximum absolute atomic E-state index is 13.5. The molecule has 0 aromatic heterocycles. The van der Waals surface area contributed by atoms with Gasteiger partial charge in [-0.1, -0.05) is 35.9 Å². The summed E-state index contributed by atoms with van der Waals surface area (Å²) in [6.45, 7) is 2.27. The Morgan fingerprint density at radius 2 is 1.89 bits per heavy atom. The number of benzene rings is 2. The normalized spacial score (nSPS) is 12.4. The van der Waals surface area contributed by atoms with Crippen molar-refractivity contribution in [2.75, 3.05) is 0 Å². The molecule has 0 unspecified atom stereocenters. The summed E-state index contributed by atoms with van der Waals surface area (Å²) in [6.07, 6.45) is 0. The van der Waals surface area contributed by atoms with Gasteiger partial charge >= 0.3 is 0 Å². The fourth-order valence-corrected chi connectivity index (χ4v) is 2.16. The highest BCUT2D eigenvalue weighted by Crippen LogP contribution is 2.22. The monoisotopic (exact) mass is 281 g/mol. The van der Waals surface area contributed by atoms with Crippen LogP contribution in [0.15, 0.2) is 42.5 Å². The van der Waals surface area contributed by atoms with Gasteiger partial charge in [-0.25, -0.2) is 8.78 Å². The summed E-state index contributed by atoms with van der Waals surface area (Å²) in [4.78, 5) is 0. The summed E-state index contributed by atoms with van der Waals surface area (Å²) in [5, 5.41) is 3.84. The minimum atomic E-state index is -0.569. The van der Waals surface area contributed by atoms with E-state index in [-0.39, 0.29) is 6.04 Å². The summed E-state index contributed by atoms with van der Waals surface area (Å²) >= 11 is 6.09. The van der Waals surface area contributed by atoms with Gasteiger partial charge < -0.3 is 5.32 Å². The molecule has 4 heteroatoms. The van der Waals surface area contributed by atoms with Crippen LogP contribution in [-0.4, -0.2) is 0 Å². The van der Waals surface area contributed by atoms with Gasteiger partial charge in [-0.15, -0.1) is 0 Å². The summed E-state index contributed by atoms with van der Waals surface area (Å²) in [5.74, 6) is -1.11. The molecule has 0 radical (unpaired) electrons. The second kappa shape index (κ2) is 6.13. The molecular formula is C15H14ClF2N. The molecule has 0 aliphatic carbocycles. The minimum Gasteiger partial charge on any atom is -0.306 e. The molecule has 2 aromatic rings. The van der Waals surface area contributed by atoms with Crippen LogP contribution in [-0.2, 0) is 6.54 Å². The fourth-order valence-electron chi connectivity index (χ4n) is 1.86. The predicted molar refractivity (Wildman–Crippen MR) is 73.1 cm³/mol.